The number of carbonyl (C=O) groups excluding carboxylic acids is 4. The van der Waals surface area contributed by atoms with Crippen LogP contribution >= 0.6 is 0 Å². The Morgan fingerprint density at radius 3 is 2.32 bits per heavy atom. The second-order valence-electron chi connectivity index (χ2n) is 5.86. The number of nitrogens with zero attached hydrogens (tertiary/aromatic N) is 1. The SMILES string of the molecule is CCOC(=O)[C@](F)(C(=O)c1ccc(C)cc1)[C@@H]1CC(=O)N(CC)C1=O. The molecule has 2 atom stereocenters. The molecule has 134 valence electrons. The van der Waals surface area contributed by atoms with Gasteiger partial charge in [-0.1, -0.05) is 29.8 Å². The van der Waals surface area contributed by atoms with Gasteiger partial charge in [-0.05, 0) is 20.8 Å². The molecule has 0 aromatic heterocycles. The summed E-state index contributed by atoms with van der Waals surface area (Å²) in [4.78, 5) is 50.2. The largest absolute Gasteiger partial charge is 0.463 e. The summed E-state index contributed by atoms with van der Waals surface area (Å²) in [5, 5.41) is 0. The molecule has 0 bridgehead atoms. The van der Waals surface area contributed by atoms with Crippen molar-refractivity contribution in [1.82, 2.24) is 4.90 Å². The number of imide groups is 1. The van der Waals surface area contributed by atoms with Crippen LogP contribution in [0.1, 0.15) is 36.2 Å². The molecule has 1 aromatic carbocycles. The summed E-state index contributed by atoms with van der Waals surface area (Å²) in [6.07, 6.45) is -0.542. The predicted octanol–water partition coefficient (Wildman–Crippen LogP) is 1.84. The molecule has 2 amide bonds. The van der Waals surface area contributed by atoms with Gasteiger partial charge in [0, 0.05) is 18.5 Å². The van der Waals surface area contributed by atoms with Crippen molar-refractivity contribution >= 4 is 23.6 Å². The molecule has 6 nitrogen and oxygen atoms in total. The summed E-state index contributed by atoms with van der Waals surface area (Å²) in [5.41, 5.74) is -2.44. The highest BCUT2D eigenvalue weighted by molar-refractivity contribution is 6.20. The second-order valence-corrected chi connectivity index (χ2v) is 5.86. The quantitative estimate of drug-likeness (QED) is 0.339. The number of aryl methyl sites for hydroxylation is 1. The monoisotopic (exact) mass is 349 g/mol. The van der Waals surface area contributed by atoms with Gasteiger partial charge in [0.25, 0.3) is 5.67 Å². The zero-order valence-electron chi connectivity index (χ0n) is 14.4. The van der Waals surface area contributed by atoms with Gasteiger partial charge in [-0.25, -0.2) is 9.18 Å². The van der Waals surface area contributed by atoms with Crippen LogP contribution < -0.4 is 0 Å². The highest BCUT2D eigenvalue weighted by atomic mass is 19.1. The van der Waals surface area contributed by atoms with E-state index < -0.39 is 41.6 Å². The van der Waals surface area contributed by atoms with Crippen molar-refractivity contribution in [1.29, 1.82) is 0 Å². The average Bonchev–Trinajstić information content (AvgIpc) is 2.88. The Morgan fingerprint density at radius 2 is 1.84 bits per heavy atom. The molecular formula is C18H20FNO5. The first-order chi connectivity index (χ1) is 11.8. The lowest BCUT2D eigenvalue weighted by atomic mass is 9.81. The summed E-state index contributed by atoms with van der Waals surface area (Å²) in [6.45, 7) is 4.71. The first-order valence-corrected chi connectivity index (χ1v) is 8.09. The van der Waals surface area contributed by atoms with E-state index in [1.54, 1.807) is 26.0 Å². The number of ether oxygens (including phenoxy) is 1. The summed E-state index contributed by atoms with van der Waals surface area (Å²) in [6, 6.07) is 5.95. The van der Waals surface area contributed by atoms with E-state index in [-0.39, 0.29) is 18.7 Å². The zero-order valence-corrected chi connectivity index (χ0v) is 14.4. The summed E-state index contributed by atoms with van der Waals surface area (Å²) >= 11 is 0. The van der Waals surface area contributed by atoms with Crippen LogP contribution in [0.5, 0.6) is 0 Å². The molecule has 1 saturated heterocycles. The van der Waals surface area contributed by atoms with E-state index in [1.165, 1.54) is 19.1 Å². The average molecular weight is 349 g/mol. The Balaban J connectivity index is 2.49. The predicted molar refractivity (Wildman–Crippen MR) is 86.5 cm³/mol. The minimum atomic E-state index is -3.23. The van der Waals surface area contributed by atoms with Gasteiger partial charge in [-0.2, -0.15) is 0 Å². The van der Waals surface area contributed by atoms with E-state index in [9.17, 15) is 19.2 Å². The van der Waals surface area contributed by atoms with Gasteiger partial charge >= 0.3 is 5.97 Å². The van der Waals surface area contributed by atoms with Gasteiger partial charge in [0.15, 0.2) is 0 Å². The molecule has 25 heavy (non-hydrogen) atoms. The fraction of sp³-hybridized carbons (Fsp3) is 0.444. The van der Waals surface area contributed by atoms with Gasteiger partial charge < -0.3 is 4.74 Å². The molecule has 1 aromatic rings. The molecule has 0 spiro atoms. The molecular weight excluding hydrogens is 329 g/mol. The van der Waals surface area contributed by atoms with E-state index in [2.05, 4.69) is 0 Å². The maximum absolute atomic E-state index is 15.8. The van der Waals surface area contributed by atoms with Crippen molar-refractivity contribution in [2.24, 2.45) is 5.92 Å². The van der Waals surface area contributed by atoms with Crippen LogP contribution in [0.25, 0.3) is 0 Å². The first-order valence-electron chi connectivity index (χ1n) is 8.09. The third kappa shape index (κ3) is 3.18. The van der Waals surface area contributed by atoms with Gasteiger partial charge in [0.05, 0.1) is 6.61 Å². The molecule has 0 radical (unpaired) electrons. The van der Waals surface area contributed by atoms with Crippen LogP contribution in [0.4, 0.5) is 4.39 Å². The fourth-order valence-corrected chi connectivity index (χ4v) is 2.87. The maximum Gasteiger partial charge on any atom is 0.353 e. The molecule has 0 unspecified atom stereocenters. The van der Waals surface area contributed by atoms with Crippen molar-refractivity contribution < 1.29 is 28.3 Å². The number of esters is 1. The Morgan fingerprint density at radius 1 is 1.24 bits per heavy atom. The van der Waals surface area contributed by atoms with Crippen molar-refractivity contribution in [2.75, 3.05) is 13.2 Å². The number of rotatable bonds is 6. The fourth-order valence-electron chi connectivity index (χ4n) is 2.87. The van der Waals surface area contributed by atoms with E-state index in [0.29, 0.717) is 0 Å². The number of halogens is 1. The molecule has 7 heteroatoms. The van der Waals surface area contributed by atoms with Crippen molar-refractivity contribution in [2.45, 2.75) is 32.9 Å². The number of carbonyl (C=O) groups is 4. The van der Waals surface area contributed by atoms with Gasteiger partial charge in [0.2, 0.25) is 17.6 Å². The molecule has 0 aliphatic carbocycles. The van der Waals surface area contributed by atoms with Crippen LogP contribution in [0, 0.1) is 12.8 Å². The van der Waals surface area contributed by atoms with Crippen LogP contribution in [0.15, 0.2) is 24.3 Å². The van der Waals surface area contributed by atoms with Gasteiger partial charge in [-0.3, -0.25) is 19.3 Å². The lowest BCUT2D eigenvalue weighted by Crippen LogP contribution is -2.52. The lowest BCUT2D eigenvalue weighted by Gasteiger charge is -2.26. The third-order valence-electron chi connectivity index (χ3n) is 4.26. The highest BCUT2D eigenvalue weighted by Gasteiger charge is 2.61. The Bertz CT molecular complexity index is 715. The van der Waals surface area contributed by atoms with Gasteiger partial charge in [-0.15, -0.1) is 0 Å². The van der Waals surface area contributed by atoms with E-state index >= 15 is 4.39 Å². The zero-order chi connectivity index (χ0) is 18.8. The smallest absolute Gasteiger partial charge is 0.353 e. The number of benzene rings is 1. The second kappa shape index (κ2) is 7.13. The van der Waals surface area contributed by atoms with Crippen molar-refractivity contribution in [3.05, 3.63) is 35.4 Å². The first kappa shape index (κ1) is 18.8. The number of ketones is 1. The normalized spacial score (nSPS) is 19.7. The molecule has 0 saturated carbocycles. The third-order valence-corrected chi connectivity index (χ3v) is 4.26. The molecule has 0 N–H and O–H groups in total. The van der Waals surface area contributed by atoms with E-state index in [1.807, 2.05) is 0 Å². The molecule has 1 aliphatic heterocycles. The van der Waals surface area contributed by atoms with Crippen LogP contribution in [0.3, 0.4) is 0 Å². The standard InChI is InChI=1S/C18H20FNO5/c1-4-20-14(21)10-13(16(20)23)18(19,17(24)25-5-2)15(22)12-8-6-11(3)7-9-12/h6-9,13H,4-5,10H2,1-3H3/t13-,18-/m1/s1. The topological polar surface area (TPSA) is 80.8 Å². The van der Waals surface area contributed by atoms with Crippen LogP contribution in [-0.4, -0.2) is 47.3 Å². The minimum absolute atomic E-state index is 0.0474. The Labute approximate surface area is 144 Å². The van der Waals surface area contributed by atoms with E-state index in [4.69, 9.17) is 4.74 Å². The van der Waals surface area contributed by atoms with Crippen LogP contribution in [0.2, 0.25) is 0 Å². The van der Waals surface area contributed by atoms with Crippen LogP contribution in [-0.2, 0) is 19.1 Å². The molecule has 1 aliphatic rings. The Kier molecular flexibility index (Phi) is 5.35. The number of likely N-dealkylation sites (tertiary alicyclic amines) is 1. The Hall–Kier alpha value is -2.57. The van der Waals surface area contributed by atoms with Crippen molar-refractivity contribution in [3.63, 3.8) is 0 Å². The number of Topliss-reactive ketones (excluding diaryl/α,β-unsaturated/α-hetero) is 1. The summed E-state index contributed by atoms with van der Waals surface area (Å²) in [7, 11) is 0. The lowest BCUT2D eigenvalue weighted by molar-refractivity contribution is -0.160. The minimum Gasteiger partial charge on any atom is -0.463 e. The number of alkyl halides is 1. The van der Waals surface area contributed by atoms with E-state index in [0.717, 1.165) is 10.5 Å². The summed E-state index contributed by atoms with van der Waals surface area (Å²) in [5.74, 6) is -5.81. The molecule has 1 heterocycles. The highest BCUT2D eigenvalue weighted by Crippen LogP contribution is 2.37. The summed E-state index contributed by atoms with van der Waals surface area (Å²) < 4.78 is 20.5. The number of amides is 2. The molecule has 1 fully saturated rings. The maximum atomic E-state index is 15.8. The molecule has 2 rings (SSSR count). The number of hydrogen-bond acceptors (Lipinski definition) is 5. The van der Waals surface area contributed by atoms with Crippen molar-refractivity contribution in [3.8, 4) is 0 Å². The number of hydrogen-bond donors (Lipinski definition) is 0. The van der Waals surface area contributed by atoms with Gasteiger partial charge in [0.1, 0.15) is 5.92 Å².